The topological polar surface area (TPSA) is 58.6 Å². The SMILES string of the molecule is CC(C)(C)OC(=O)N1CCC[C@H]1C=O.CNCc1ccc(Cl)cc1. The fourth-order valence-electron chi connectivity index (χ4n) is 2.29. The van der Waals surface area contributed by atoms with Crippen LogP contribution in [0.2, 0.25) is 5.02 Å². The van der Waals surface area contributed by atoms with Crippen molar-refractivity contribution >= 4 is 24.0 Å². The molecule has 1 aromatic carbocycles. The summed E-state index contributed by atoms with van der Waals surface area (Å²) in [4.78, 5) is 23.7. The van der Waals surface area contributed by atoms with Gasteiger partial charge in [-0.05, 0) is 58.4 Å². The molecule has 0 radical (unpaired) electrons. The third-order valence-corrected chi connectivity index (χ3v) is 3.63. The minimum Gasteiger partial charge on any atom is -0.444 e. The van der Waals surface area contributed by atoms with Crippen molar-refractivity contribution in [2.45, 2.75) is 51.8 Å². The number of hydrogen-bond acceptors (Lipinski definition) is 4. The summed E-state index contributed by atoms with van der Waals surface area (Å²) in [7, 11) is 1.93. The third-order valence-electron chi connectivity index (χ3n) is 3.38. The first-order valence-corrected chi connectivity index (χ1v) is 8.48. The van der Waals surface area contributed by atoms with Crippen LogP contribution in [0, 0.1) is 0 Å². The fraction of sp³-hybridized carbons (Fsp3) is 0.556. The van der Waals surface area contributed by atoms with Gasteiger partial charge in [0.1, 0.15) is 11.9 Å². The Morgan fingerprint density at radius 1 is 1.38 bits per heavy atom. The van der Waals surface area contributed by atoms with Crippen molar-refractivity contribution in [3.63, 3.8) is 0 Å². The number of ether oxygens (including phenoxy) is 1. The average molecular weight is 355 g/mol. The summed E-state index contributed by atoms with van der Waals surface area (Å²) >= 11 is 5.69. The smallest absolute Gasteiger partial charge is 0.410 e. The van der Waals surface area contributed by atoms with E-state index in [4.69, 9.17) is 16.3 Å². The summed E-state index contributed by atoms with van der Waals surface area (Å²) in [6.07, 6.45) is 2.06. The van der Waals surface area contributed by atoms with Crippen LogP contribution in [0.1, 0.15) is 39.2 Å². The Bertz CT molecular complexity index is 526. The van der Waals surface area contributed by atoms with E-state index in [1.54, 1.807) is 0 Å². The Morgan fingerprint density at radius 2 is 2.00 bits per heavy atom. The Balaban J connectivity index is 0.000000254. The van der Waals surface area contributed by atoms with Gasteiger partial charge in [-0.25, -0.2) is 4.79 Å². The third kappa shape index (κ3) is 7.32. The predicted octanol–water partition coefficient (Wildman–Crippen LogP) is 3.64. The van der Waals surface area contributed by atoms with Crippen molar-refractivity contribution in [1.82, 2.24) is 10.2 Å². The summed E-state index contributed by atoms with van der Waals surface area (Å²) in [5.74, 6) is 0. The second kappa shape index (κ2) is 9.64. The lowest BCUT2D eigenvalue weighted by Crippen LogP contribution is -2.40. The van der Waals surface area contributed by atoms with E-state index >= 15 is 0 Å². The maximum Gasteiger partial charge on any atom is 0.410 e. The van der Waals surface area contributed by atoms with Crippen LogP contribution in [-0.4, -0.2) is 42.5 Å². The first kappa shape index (κ1) is 20.5. The molecule has 1 N–H and O–H groups in total. The number of carbonyl (C=O) groups is 2. The van der Waals surface area contributed by atoms with Gasteiger partial charge in [0.05, 0.1) is 6.04 Å². The zero-order valence-corrected chi connectivity index (χ0v) is 15.6. The highest BCUT2D eigenvalue weighted by molar-refractivity contribution is 6.30. The molecular formula is C18H27ClN2O3. The summed E-state index contributed by atoms with van der Waals surface area (Å²) in [6, 6.07) is 7.53. The minimum atomic E-state index is -0.493. The van der Waals surface area contributed by atoms with Crippen LogP contribution in [0.25, 0.3) is 0 Å². The van der Waals surface area contributed by atoms with E-state index in [0.29, 0.717) is 6.54 Å². The second-order valence-corrected chi connectivity index (χ2v) is 7.11. The lowest BCUT2D eigenvalue weighted by Gasteiger charge is -2.26. The molecule has 1 saturated heterocycles. The maximum absolute atomic E-state index is 11.6. The largest absolute Gasteiger partial charge is 0.444 e. The zero-order chi connectivity index (χ0) is 18.2. The van der Waals surface area contributed by atoms with Gasteiger partial charge in [-0.2, -0.15) is 0 Å². The highest BCUT2D eigenvalue weighted by Gasteiger charge is 2.31. The van der Waals surface area contributed by atoms with Crippen LogP contribution in [0.3, 0.4) is 0 Å². The number of hydrogen-bond donors (Lipinski definition) is 1. The van der Waals surface area contributed by atoms with Crippen LogP contribution in [0.4, 0.5) is 4.79 Å². The molecule has 0 spiro atoms. The molecule has 1 fully saturated rings. The van der Waals surface area contributed by atoms with Gasteiger partial charge in [-0.3, -0.25) is 4.90 Å². The number of halogens is 1. The van der Waals surface area contributed by atoms with Gasteiger partial charge in [0.2, 0.25) is 0 Å². The Morgan fingerprint density at radius 3 is 2.50 bits per heavy atom. The highest BCUT2D eigenvalue weighted by atomic mass is 35.5. The molecule has 0 aromatic heterocycles. The van der Waals surface area contributed by atoms with Gasteiger partial charge in [0.25, 0.3) is 0 Å². The van der Waals surface area contributed by atoms with Crippen molar-refractivity contribution in [1.29, 1.82) is 0 Å². The first-order valence-electron chi connectivity index (χ1n) is 8.11. The molecule has 0 unspecified atom stereocenters. The zero-order valence-electron chi connectivity index (χ0n) is 14.8. The van der Waals surface area contributed by atoms with Gasteiger partial charge in [-0.15, -0.1) is 0 Å². The molecule has 1 heterocycles. The summed E-state index contributed by atoms with van der Waals surface area (Å²) in [5, 5.41) is 3.85. The van der Waals surface area contributed by atoms with Crippen molar-refractivity contribution < 1.29 is 14.3 Å². The number of nitrogens with zero attached hydrogens (tertiary/aromatic N) is 1. The molecule has 2 rings (SSSR count). The molecule has 134 valence electrons. The maximum atomic E-state index is 11.6. The average Bonchev–Trinajstić information content (AvgIpc) is 2.97. The second-order valence-electron chi connectivity index (χ2n) is 6.68. The number of carbonyl (C=O) groups excluding carboxylic acids is 2. The van der Waals surface area contributed by atoms with E-state index in [1.807, 2.05) is 52.1 Å². The van der Waals surface area contributed by atoms with E-state index in [2.05, 4.69) is 5.32 Å². The van der Waals surface area contributed by atoms with Crippen molar-refractivity contribution in [2.24, 2.45) is 0 Å². The molecule has 1 atom stereocenters. The number of aldehydes is 1. The molecular weight excluding hydrogens is 328 g/mol. The van der Waals surface area contributed by atoms with Gasteiger partial charge in [0, 0.05) is 18.1 Å². The van der Waals surface area contributed by atoms with Crippen molar-refractivity contribution in [2.75, 3.05) is 13.6 Å². The van der Waals surface area contributed by atoms with E-state index in [9.17, 15) is 9.59 Å². The molecule has 24 heavy (non-hydrogen) atoms. The standard InChI is InChI=1S/C10H17NO3.C8H10ClN/c1-10(2,3)14-9(13)11-6-4-5-8(11)7-12;1-10-6-7-2-4-8(9)5-3-7/h7-8H,4-6H2,1-3H3;2-5,10H,6H2,1H3/t8-;/m0./s1. The molecule has 1 aromatic rings. The van der Waals surface area contributed by atoms with E-state index < -0.39 is 5.60 Å². The highest BCUT2D eigenvalue weighted by Crippen LogP contribution is 2.19. The molecule has 1 aliphatic heterocycles. The number of likely N-dealkylation sites (tertiary alicyclic amines) is 1. The monoisotopic (exact) mass is 354 g/mol. The first-order chi connectivity index (χ1) is 11.3. The van der Waals surface area contributed by atoms with Gasteiger partial charge in [0.15, 0.2) is 0 Å². The molecule has 5 nitrogen and oxygen atoms in total. The van der Waals surface area contributed by atoms with Gasteiger partial charge < -0.3 is 14.8 Å². The quantitative estimate of drug-likeness (QED) is 0.842. The Hall–Kier alpha value is -1.59. The lowest BCUT2D eigenvalue weighted by atomic mass is 10.2. The normalized spacial score (nSPS) is 17.0. The lowest BCUT2D eigenvalue weighted by molar-refractivity contribution is -0.111. The van der Waals surface area contributed by atoms with Crippen LogP contribution in [-0.2, 0) is 16.1 Å². The van der Waals surface area contributed by atoms with Crippen LogP contribution in [0.5, 0.6) is 0 Å². The van der Waals surface area contributed by atoms with E-state index in [1.165, 1.54) is 10.5 Å². The van der Waals surface area contributed by atoms with Crippen LogP contribution >= 0.6 is 11.6 Å². The van der Waals surface area contributed by atoms with Gasteiger partial charge in [-0.1, -0.05) is 23.7 Å². The predicted molar refractivity (Wildman–Crippen MR) is 96.2 cm³/mol. The minimum absolute atomic E-state index is 0.287. The van der Waals surface area contributed by atoms with E-state index in [0.717, 1.165) is 30.7 Å². The summed E-state index contributed by atoms with van der Waals surface area (Å²) in [6.45, 7) is 6.97. The van der Waals surface area contributed by atoms with Crippen LogP contribution < -0.4 is 5.32 Å². The molecule has 6 heteroatoms. The van der Waals surface area contributed by atoms with Crippen molar-refractivity contribution in [3.05, 3.63) is 34.9 Å². The summed E-state index contributed by atoms with van der Waals surface area (Å²) < 4.78 is 5.18. The van der Waals surface area contributed by atoms with Crippen molar-refractivity contribution in [3.8, 4) is 0 Å². The number of benzene rings is 1. The molecule has 1 aliphatic rings. The summed E-state index contributed by atoms with van der Waals surface area (Å²) in [5.41, 5.74) is 0.763. The van der Waals surface area contributed by atoms with E-state index in [-0.39, 0.29) is 12.1 Å². The fourth-order valence-corrected chi connectivity index (χ4v) is 2.41. The van der Waals surface area contributed by atoms with Crippen LogP contribution in [0.15, 0.2) is 24.3 Å². The molecule has 0 bridgehead atoms. The molecule has 1 amide bonds. The van der Waals surface area contributed by atoms with Gasteiger partial charge >= 0.3 is 6.09 Å². The number of amides is 1. The molecule has 0 aliphatic carbocycles. The number of rotatable bonds is 3. The number of nitrogens with one attached hydrogen (secondary N) is 1. The Kier molecular flexibility index (Phi) is 8.22. The molecule has 0 saturated carbocycles. The Labute approximate surface area is 149 Å².